The number of sulfonamides is 1. The number of hydrogen-bond acceptors (Lipinski definition) is 8. The summed E-state index contributed by atoms with van der Waals surface area (Å²) in [6.45, 7) is 6.17. The second kappa shape index (κ2) is 12.4. The number of pyridine rings is 1. The summed E-state index contributed by atoms with van der Waals surface area (Å²) in [6.07, 6.45) is 1.72. The van der Waals surface area contributed by atoms with Gasteiger partial charge in [-0.1, -0.05) is 18.2 Å². The monoisotopic (exact) mass is 552 g/mol. The number of piperazine rings is 1. The molecule has 0 atom stereocenters. The van der Waals surface area contributed by atoms with Gasteiger partial charge in [-0.15, -0.1) is 0 Å². The highest BCUT2D eigenvalue weighted by Crippen LogP contribution is 2.26. The standard InChI is InChI=1S/C28H36N6O4S/c1-20(2)39(36,37)34-14-12-33(13-15-34)24-10-8-23(9-11-24)32-28-17-25(22(19-31-28)16-27(29)35)30-18-21-6-4-5-7-26(21)38-3/h4-11,17,19-20H,12-16,18H2,1-3H3,(H2,29,35)(H2,30,31,32). The van der Waals surface area contributed by atoms with Crippen LogP contribution >= 0.6 is 0 Å². The molecule has 0 aliphatic carbocycles. The van der Waals surface area contributed by atoms with E-state index < -0.39 is 21.2 Å². The lowest BCUT2D eigenvalue weighted by atomic mass is 10.1. The lowest BCUT2D eigenvalue weighted by Gasteiger charge is -2.36. The van der Waals surface area contributed by atoms with E-state index in [9.17, 15) is 13.2 Å². The zero-order valence-electron chi connectivity index (χ0n) is 22.6. The van der Waals surface area contributed by atoms with Crippen molar-refractivity contribution in [3.63, 3.8) is 0 Å². The number of primary amides is 1. The number of nitrogens with zero attached hydrogens (tertiary/aromatic N) is 3. The molecular formula is C28H36N6O4S. The zero-order valence-corrected chi connectivity index (χ0v) is 23.4. The molecular weight excluding hydrogens is 516 g/mol. The van der Waals surface area contributed by atoms with Gasteiger partial charge in [0.1, 0.15) is 11.6 Å². The van der Waals surface area contributed by atoms with Crippen LogP contribution in [0.5, 0.6) is 5.75 Å². The molecule has 1 aliphatic heterocycles. The topological polar surface area (TPSA) is 130 Å². The highest BCUT2D eigenvalue weighted by atomic mass is 32.2. The number of carbonyl (C=O) groups excluding carboxylic acids is 1. The fourth-order valence-electron chi connectivity index (χ4n) is 4.49. The van der Waals surface area contributed by atoms with Crippen LogP contribution in [0.25, 0.3) is 0 Å². The van der Waals surface area contributed by atoms with Crippen LogP contribution in [-0.4, -0.2) is 62.2 Å². The predicted octanol–water partition coefficient (Wildman–Crippen LogP) is 3.33. The van der Waals surface area contributed by atoms with Crippen LogP contribution in [0, 0.1) is 0 Å². The summed E-state index contributed by atoms with van der Waals surface area (Å²) in [5, 5.41) is 6.29. The molecule has 11 heteroatoms. The quantitative estimate of drug-likeness (QED) is 0.330. The summed E-state index contributed by atoms with van der Waals surface area (Å²) in [5.74, 6) is 0.957. The number of aromatic nitrogens is 1. The fraction of sp³-hybridized carbons (Fsp3) is 0.357. The summed E-state index contributed by atoms with van der Waals surface area (Å²) in [4.78, 5) is 18.3. The third-order valence-corrected chi connectivity index (χ3v) is 8.99. The Hall–Kier alpha value is -3.83. The number of para-hydroxylation sites is 1. The molecule has 1 aromatic heterocycles. The van der Waals surface area contributed by atoms with Gasteiger partial charge in [-0.2, -0.15) is 4.31 Å². The van der Waals surface area contributed by atoms with Crippen LogP contribution in [0.15, 0.2) is 60.8 Å². The maximum absolute atomic E-state index is 12.4. The molecule has 3 aromatic rings. The third kappa shape index (κ3) is 6.98. The van der Waals surface area contributed by atoms with Gasteiger partial charge in [0.25, 0.3) is 0 Å². The molecule has 0 unspecified atom stereocenters. The lowest BCUT2D eigenvalue weighted by molar-refractivity contribution is -0.117. The van der Waals surface area contributed by atoms with Gasteiger partial charge < -0.3 is 26.0 Å². The van der Waals surface area contributed by atoms with E-state index in [2.05, 4.69) is 20.5 Å². The average Bonchev–Trinajstić information content (AvgIpc) is 2.93. The van der Waals surface area contributed by atoms with Gasteiger partial charge in [-0.05, 0) is 44.2 Å². The zero-order chi connectivity index (χ0) is 28.0. The van der Waals surface area contributed by atoms with E-state index in [4.69, 9.17) is 10.5 Å². The SMILES string of the molecule is COc1ccccc1CNc1cc(Nc2ccc(N3CCN(S(=O)(=O)C(C)C)CC3)cc2)ncc1CC(N)=O. The van der Waals surface area contributed by atoms with Gasteiger partial charge in [0.2, 0.25) is 15.9 Å². The summed E-state index contributed by atoms with van der Waals surface area (Å²) in [5.41, 5.74) is 9.78. The van der Waals surface area contributed by atoms with Crippen molar-refractivity contribution in [2.75, 3.05) is 48.8 Å². The van der Waals surface area contributed by atoms with E-state index in [0.29, 0.717) is 44.1 Å². The van der Waals surface area contributed by atoms with Gasteiger partial charge in [-0.3, -0.25) is 4.79 Å². The maximum Gasteiger partial charge on any atom is 0.221 e. The van der Waals surface area contributed by atoms with Gasteiger partial charge >= 0.3 is 0 Å². The minimum atomic E-state index is -3.23. The van der Waals surface area contributed by atoms with Crippen molar-refractivity contribution in [2.45, 2.75) is 32.1 Å². The molecule has 1 amide bonds. The number of benzene rings is 2. The minimum absolute atomic E-state index is 0.0714. The first-order valence-corrected chi connectivity index (χ1v) is 14.4. The Morgan fingerprint density at radius 1 is 1.05 bits per heavy atom. The number of methoxy groups -OCH3 is 1. The molecule has 1 fully saturated rings. The number of ether oxygens (including phenoxy) is 1. The average molecular weight is 553 g/mol. The van der Waals surface area contributed by atoms with E-state index >= 15 is 0 Å². The van der Waals surface area contributed by atoms with Crippen molar-refractivity contribution >= 4 is 38.8 Å². The fourth-order valence-corrected chi connectivity index (χ4v) is 5.76. The largest absolute Gasteiger partial charge is 0.496 e. The Bertz CT molecular complexity index is 1390. The van der Waals surface area contributed by atoms with Crippen molar-refractivity contribution in [3.05, 3.63) is 71.9 Å². The lowest BCUT2D eigenvalue weighted by Crippen LogP contribution is -2.50. The third-order valence-electron chi connectivity index (χ3n) is 6.71. The Morgan fingerprint density at radius 2 is 1.74 bits per heavy atom. The van der Waals surface area contributed by atoms with Gasteiger partial charge in [0.05, 0.1) is 18.8 Å². The van der Waals surface area contributed by atoms with Crippen molar-refractivity contribution < 1.29 is 17.9 Å². The highest BCUT2D eigenvalue weighted by Gasteiger charge is 2.29. The molecule has 10 nitrogen and oxygen atoms in total. The number of nitrogens with two attached hydrogens (primary N) is 1. The van der Waals surface area contributed by atoms with Crippen molar-refractivity contribution in [1.29, 1.82) is 0 Å². The maximum atomic E-state index is 12.4. The molecule has 208 valence electrons. The second-order valence-corrected chi connectivity index (χ2v) is 12.2. The molecule has 0 saturated carbocycles. The van der Waals surface area contributed by atoms with Crippen LogP contribution in [0.1, 0.15) is 25.0 Å². The normalized spacial score (nSPS) is 14.3. The highest BCUT2D eigenvalue weighted by molar-refractivity contribution is 7.89. The van der Waals surface area contributed by atoms with E-state index in [0.717, 1.165) is 28.4 Å². The van der Waals surface area contributed by atoms with Crippen molar-refractivity contribution in [2.24, 2.45) is 5.73 Å². The van der Waals surface area contributed by atoms with Crippen molar-refractivity contribution in [3.8, 4) is 5.75 Å². The number of nitrogens with one attached hydrogen (secondary N) is 2. The smallest absolute Gasteiger partial charge is 0.221 e. The van der Waals surface area contributed by atoms with Gasteiger partial charge in [-0.25, -0.2) is 13.4 Å². The number of anilines is 4. The Morgan fingerprint density at radius 3 is 2.38 bits per heavy atom. The molecule has 2 heterocycles. The van der Waals surface area contributed by atoms with E-state index in [1.807, 2.05) is 54.6 Å². The second-order valence-electron chi connectivity index (χ2n) is 9.69. The summed E-state index contributed by atoms with van der Waals surface area (Å²) < 4.78 is 31.9. The first-order valence-electron chi connectivity index (χ1n) is 12.9. The molecule has 1 aliphatic rings. The molecule has 1 saturated heterocycles. The molecule has 0 bridgehead atoms. The number of hydrogen-bond donors (Lipinski definition) is 3. The van der Waals surface area contributed by atoms with Crippen LogP contribution in [0.2, 0.25) is 0 Å². The first kappa shape index (κ1) is 28.2. The Kier molecular flexibility index (Phi) is 8.93. The number of rotatable bonds is 11. The molecule has 2 aromatic carbocycles. The predicted molar refractivity (Wildman–Crippen MR) is 155 cm³/mol. The van der Waals surface area contributed by atoms with Crippen LogP contribution in [0.4, 0.5) is 22.9 Å². The summed E-state index contributed by atoms with van der Waals surface area (Å²) in [7, 11) is -1.60. The van der Waals surface area contributed by atoms with Gasteiger partial charge in [0, 0.05) is 73.2 Å². The summed E-state index contributed by atoms with van der Waals surface area (Å²) >= 11 is 0. The molecule has 0 radical (unpaired) electrons. The number of amides is 1. The van der Waals surface area contributed by atoms with E-state index in [1.165, 1.54) is 0 Å². The molecule has 4 N–H and O–H groups in total. The van der Waals surface area contributed by atoms with Crippen LogP contribution < -0.4 is 26.0 Å². The van der Waals surface area contributed by atoms with Gasteiger partial charge in [0.15, 0.2) is 0 Å². The van der Waals surface area contributed by atoms with Crippen LogP contribution in [0.3, 0.4) is 0 Å². The van der Waals surface area contributed by atoms with E-state index in [-0.39, 0.29) is 6.42 Å². The van der Waals surface area contributed by atoms with Crippen LogP contribution in [-0.2, 0) is 27.8 Å². The van der Waals surface area contributed by atoms with E-state index in [1.54, 1.807) is 31.5 Å². The first-order chi connectivity index (χ1) is 18.7. The molecule has 4 rings (SSSR count). The minimum Gasteiger partial charge on any atom is -0.496 e. The summed E-state index contributed by atoms with van der Waals surface area (Å²) in [6, 6.07) is 17.5. The Balaban J connectivity index is 1.43. The molecule has 39 heavy (non-hydrogen) atoms. The Labute approximate surface area is 230 Å². The molecule has 0 spiro atoms. The van der Waals surface area contributed by atoms with Crippen molar-refractivity contribution in [1.82, 2.24) is 9.29 Å². The number of carbonyl (C=O) groups is 1.